The number of hydrogen-bond donors (Lipinski definition) is 1. The topological polar surface area (TPSA) is 64.6 Å². The third kappa shape index (κ3) is 6.02. The molecule has 0 saturated heterocycles. The molecule has 0 aliphatic heterocycles. The van der Waals surface area contributed by atoms with Gasteiger partial charge in [0.15, 0.2) is 13.2 Å². The van der Waals surface area contributed by atoms with Gasteiger partial charge in [0, 0.05) is 5.69 Å². The maximum Gasteiger partial charge on any atom is 0.416 e. The zero-order valence-corrected chi connectivity index (χ0v) is 14.7. The van der Waals surface area contributed by atoms with E-state index in [-0.39, 0.29) is 5.75 Å². The number of amides is 1. The predicted molar refractivity (Wildman–Crippen MR) is 92.4 cm³/mol. The molecule has 0 fully saturated rings. The SMILES string of the molecule is Cc1cccc(NC(=O)COC(=O)COc2cccc(C(F)(F)F)c2)c1C. The summed E-state index contributed by atoms with van der Waals surface area (Å²) >= 11 is 0. The fourth-order valence-electron chi connectivity index (χ4n) is 2.16. The van der Waals surface area contributed by atoms with Gasteiger partial charge in [-0.15, -0.1) is 0 Å². The number of anilines is 1. The lowest BCUT2D eigenvalue weighted by Crippen LogP contribution is -2.24. The molecule has 0 aromatic heterocycles. The van der Waals surface area contributed by atoms with E-state index >= 15 is 0 Å². The molecule has 0 unspecified atom stereocenters. The number of halogens is 3. The van der Waals surface area contributed by atoms with Gasteiger partial charge in [0.05, 0.1) is 5.56 Å². The molecule has 1 N–H and O–H groups in total. The Kier molecular flexibility index (Phi) is 6.44. The molecule has 8 heteroatoms. The molecule has 0 aliphatic carbocycles. The van der Waals surface area contributed by atoms with Crippen LogP contribution in [0.2, 0.25) is 0 Å². The molecule has 0 atom stereocenters. The zero-order valence-electron chi connectivity index (χ0n) is 14.7. The summed E-state index contributed by atoms with van der Waals surface area (Å²) < 4.78 is 47.6. The fraction of sp³-hybridized carbons (Fsp3) is 0.263. The first-order valence-corrected chi connectivity index (χ1v) is 7.98. The minimum absolute atomic E-state index is 0.124. The lowest BCUT2D eigenvalue weighted by Gasteiger charge is -2.11. The quantitative estimate of drug-likeness (QED) is 0.772. The smallest absolute Gasteiger partial charge is 0.416 e. The number of rotatable bonds is 6. The van der Waals surface area contributed by atoms with Gasteiger partial charge in [0.1, 0.15) is 5.75 Å². The van der Waals surface area contributed by atoms with Crippen LogP contribution in [0, 0.1) is 13.8 Å². The molecule has 5 nitrogen and oxygen atoms in total. The Morgan fingerprint density at radius 3 is 2.44 bits per heavy atom. The maximum absolute atomic E-state index is 12.6. The van der Waals surface area contributed by atoms with Crippen LogP contribution in [0.5, 0.6) is 5.75 Å². The first-order valence-electron chi connectivity index (χ1n) is 7.98. The van der Waals surface area contributed by atoms with Crippen molar-refractivity contribution < 1.29 is 32.2 Å². The van der Waals surface area contributed by atoms with Crippen molar-refractivity contribution in [3.8, 4) is 5.75 Å². The van der Waals surface area contributed by atoms with Crippen LogP contribution in [-0.2, 0) is 20.5 Å². The van der Waals surface area contributed by atoms with Crippen LogP contribution >= 0.6 is 0 Å². The van der Waals surface area contributed by atoms with E-state index in [9.17, 15) is 22.8 Å². The van der Waals surface area contributed by atoms with Crippen LogP contribution in [0.1, 0.15) is 16.7 Å². The normalized spacial score (nSPS) is 11.0. The van der Waals surface area contributed by atoms with Crippen LogP contribution in [0.4, 0.5) is 18.9 Å². The third-order valence-electron chi connectivity index (χ3n) is 3.76. The van der Waals surface area contributed by atoms with Gasteiger partial charge < -0.3 is 14.8 Å². The Labute approximate surface area is 154 Å². The molecule has 0 bridgehead atoms. The van der Waals surface area contributed by atoms with E-state index in [1.54, 1.807) is 12.1 Å². The highest BCUT2D eigenvalue weighted by Crippen LogP contribution is 2.31. The highest BCUT2D eigenvalue weighted by molar-refractivity contribution is 5.93. The van der Waals surface area contributed by atoms with Crippen LogP contribution in [-0.4, -0.2) is 25.1 Å². The highest BCUT2D eigenvalue weighted by Gasteiger charge is 2.30. The Bertz CT molecular complexity index is 834. The first kappa shape index (κ1) is 20.3. The third-order valence-corrected chi connectivity index (χ3v) is 3.76. The van der Waals surface area contributed by atoms with E-state index in [1.807, 2.05) is 19.9 Å². The van der Waals surface area contributed by atoms with Crippen molar-refractivity contribution >= 4 is 17.6 Å². The average Bonchev–Trinajstić information content (AvgIpc) is 2.61. The van der Waals surface area contributed by atoms with Crippen LogP contribution in [0.15, 0.2) is 42.5 Å². The van der Waals surface area contributed by atoms with Gasteiger partial charge in [-0.25, -0.2) is 4.79 Å². The molecule has 27 heavy (non-hydrogen) atoms. The maximum atomic E-state index is 12.6. The second kappa shape index (κ2) is 8.57. The molecule has 2 aromatic rings. The van der Waals surface area contributed by atoms with Crippen molar-refractivity contribution in [2.24, 2.45) is 0 Å². The van der Waals surface area contributed by atoms with Crippen molar-refractivity contribution in [3.63, 3.8) is 0 Å². The molecule has 0 radical (unpaired) electrons. The van der Waals surface area contributed by atoms with Gasteiger partial charge in [-0.3, -0.25) is 4.79 Å². The zero-order chi connectivity index (χ0) is 20.0. The second-order valence-corrected chi connectivity index (χ2v) is 5.77. The molecular weight excluding hydrogens is 363 g/mol. The monoisotopic (exact) mass is 381 g/mol. The number of carbonyl (C=O) groups is 2. The summed E-state index contributed by atoms with van der Waals surface area (Å²) in [6.07, 6.45) is -4.51. The predicted octanol–water partition coefficient (Wildman–Crippen LogP) is 3.88. The molecule has 2 rings (SSSR count). The van der Waals surface area contributed by atoms with Crippen molar-refractivity contribution in [3.05, 3.63) is 59.2 Å². The summed E-state index contributed by atoms with van der Waals surface area (Å²) in [7, 11) is 0. The molecule has 0 spiro atoms. The Balaban J connectivity index is 1.81. The van der Waals surface area contributed by atoms with E-state index in [0.29, 0.717) is 5.69 Å². The summed E-state index contributed by atoms with van der Waals surface area (Å²) in [5.74, 6) is -1.53. The molecule has 144 valence electrons. The van der Waals surface area contributed by atoms with E-state index < -0.39 is 36.8 Å². The number of benzene rings is 2. The van der Waals surface area contributed by atoms with Gasteiger partial charge in [-0.1, -0.05) is 18.2 Å². The van der Waals surface area contributed by atoms with Crippen molar-refractivity contribution in [2.75, 3.05) is 18.5 Å². The minimum Gasteiger partial charge on any atom is -0.482 e. The molecule has 2 aromatic carbocycles. The van der Waals surface area contributed by atoms with Gasteiger partial charge in [0.2, 0.25) is 0 Å². The van der Waals surface area contributed by atoms with E-state index in [0.717, 1.165) is 23.3 Å². The van der Waals surface area contributed by atoms with E-state index in [2.05, 4.69) is 5.32 Å². The molecule has 0 saturated carbocycles. The van der Waals surface area contributed by atoms with Crippen molar-refractivity contribution in [1.29, 1.82) is 0 Å². The number of carbonyl (C=O) groups excluding carboxylic acids is 2. The molecule has 0 aliphatic rings. The molecular formula is C19H18F3NO4. The van der Waals surface area contributed by atoms with Gasteiger partial charge in [-0.05, 0) is 49.2 Å². The molecule has 1 amide bonds. The number of ether oxygens (including phenoxy) is 2. The first-order chi connectivity index (χ1) is 12.7. The number of hydrogen-bond acceptors (Lipinski definition) is 4. The second-order valence-electron chi connectivity index (χ2n) is 5.77. The Morgan fingerprint density at radius 2 is 1.74 bits per heavy atom. The average molecular weight is 381 g/mol. The van der Waals surface area contributed by atoms with Crippen molar-refractivity contribution in [1.82, 2.24) is 0 Å². The summed E-state index contributed by atoms with van der Waals surface area (Å²) in [6, 6.07) is 9.53. The summed E-state index contributed by atoms with van der Waals surface area (Å²) in [5, 5.41) is 2.62. The van der Waals surface area contributed by atoms with Gasteiger partial charge in [-0.2, -0.15) is 13.2 Å². The lowest BCUT2D eigenvalue weighted by atomic mass is 10.1. The number of aryl methyl sites for hydroxylation is 1. The van der Waals surface area contributed by atoms with Crippen LogP contribution < -0.4 is 10.1 Å². The number of alkyl halides is 3. The minimum atomic E-state index is -4.51. The van der Waals surface area contributed by atoms with Crippen LogP contribution in [0.25, 0.3) is 0 Å². The standard InChI is InChI=1S/C19H18F3NO4/c1-12-5-3-8-16(13(12)2)23-17(24)10-27-18(25)11-26-15-7-4-6-14(9-15)19(20,21)22/h3-9H,10-11H2,1-2H3,(H,23,24). The lowest BCUT2D eigenvalue weighted by molar-refractivity contribution is -0.149. The van der Waals surface area contributed by atoms with Crippen LogP contribution in [0.3, 0.4) is 0 Å². The van der Waals surface area contributed by atoms with E-state index in [4.69, 9.17) is 9.47 Å². The Morgan fingerprint density at radius 1 is 1.04 bits per heavy atom. The fourth-order valence-corrected chi connectivity index (χ4v) is 2.16. The van der Waals surface area contributed by atoms with Crippen molar-refractivity contribution in [2.45, 2.75) is 20.0 Å². The molecule has 0 heterocycles. The number of esters is 1. The largest absolute Gasteiger partial charge is 0.482 e. The summed E-state index contributed by atoms with van der Waals surface area (Å²) in [4.78, 5) is 23.5. The number of nitrogens with one attached hydrogen (secondary N) is 1. The van der Waals surface area contributed by atoms with Gasteiger partial charge in [0.25, 0.3) is 5.91 Å². The summed E-state index contributed by atoms with van der Waals surface area (Å²) in [6.45, 7) is 2.60. The highest BCUT2D eigenvalue weighted by atomic mass is 19.4. The Hall–Kier alpha value is -3.03. The van der Waals surface area contributed by atoms with E-state index in [1.165, 1.54) is 12.1 Å². The summed E-state index contributed by atoms with van der Waals surface area (Å²) in [5.41, 5.74) is 1.61. The van der Waals surface area contributed by atoms with Gasteiger partial charge >= 0.3 is 12.1 Å².